The molecule has 1 heterocycles. The zero-order chi connectivity index (χ0) is 21.6. The second kappa shape index (κ2) is 10.1. The standard InChI is InChI=1S/C26H26ClFN2O/c27-23-10-4-7-20(14-23)17-30-18-22(12-13-25(30)21-8-2-1-3-9-21)26(31)29-16-19-6-5-11-24(28)15-19/h1-11,14-15,22,25H,12-13,16-18H2,(H,29,31). The predicted octanol–water partition coefficient (Wildman–Crippen LogP) is 5.75. The Morgan fingerprint density at radius 1 is 0.968 bits per heavy atom. The molecule has 0 radical (unpaired) electrons. The molecule has 0 aliphatic carbocycles. The van der Waals surface area contributed by atoms with Crippen LogP contribution >= 0.6 is 11.6 Å². The summed E-state index contributed by atoms with van der Waals surface area (Å²) in [6.45, 7) is 1.73. The molecule has 2 atom stereocenters. The van der Waals surface area contributed by atoms with Crippen molar-refractivity contribution in [2.24, 2.45) is 5.92 Å². The van der Waals surface area contributed by atoms with Gasteiger partial charge in [-0.3, -0.25) is 9.69 Å². The number of piperidine rings is 1. The number of likely N-dealkylation sites (tertiary alicyclic amines) is 1. The minimum atomic E-state index is -0.289. The first-order valence-corrected chi connectivity index (χ1v) is 11.0. The summed E-state index contributed by atoms with van der Waals surface area (Å²) in [7, 11) is 0. The van der Waals surface area contributed by atoms with Crippen LogP contribution < -0.4 is 5.32 Å². The van der Waals surface area contributed by atoms with Crippen molar-refractivity contribution in [3.8, 4) is 0 Å². The van der Waals surface area contributed by atoms with Gasteiger partial charge in [0.05, 0.1) is 5.92 Å². The van der Waals surface area contributed by atoms with Crippen molar-refractivity contribution in [2.75, 3.05) is 6.54 Å². The second-order valence-electron chi connectivity index (χ2n) is 8.11. The molecule has 1 aliphatic rings. The van der Waals surface area contributed by atoms with Crippen LogP contribution in [0.1, 0.15) is 35.6 Å². The Morgan fingerprint density at radius 3 is 2.52 bits per heavy atom. The maximum Gasteiger partial charge on any atom is 0.224 e. The average molecular weight is 437 g/mol. The van der Waals surface area contributed by atoms with Gasteiger partial charge in [0, 0.05) is 30.7 Å². The molecule has 1 amide bonds. The van der Waals surface area contributed by atoms with Crippen LogP contribution in [0.4, 0.5) is 4.39 Å². The fraction of sp³-hybridized carbons (Fsp3) is 0.269. The van der Waals surface area contributed by atoms with Crippen molar-refractivity contribution in [3.05, 3.63) is 106 Å². The third-order valence-electron chi connectivity index (χ3n) is 5.87. The largest absolute Gasteiger partial charge is 0.352 e. The van der Waals surface area contributed by atoms with Gasteiger partial charge in [-0.2, -0.15) is 0 Å². The van der Waals surface area contributed by atoms with Gasteiger partial charge in [0.25, 0.3) is 0 Å². The third kappa shape index (κ3) is 5.72. The van der Waals surface area contributed by atoms with E-state index in [1.54, 1.807) is 6.07 Å². The zero-order valence-corrected chi connectivity index (χ0v) is 18.1. The Hall–Kier alpha value is -2.69. The molecule has 0 aromatic heterocycles. The van der Waals surface area contributed by atoms with Crippen LogP contribution in [0.2, 0.25) is 5.02 Å². The Kier molecular flexibility index (Phi) is 7.00. The molecule has 0 bridgehead atoms. The van der Waals surface area contributed by atoms with Crippen LogP contribution in [0, 0.1) is 11.7 Å². The summed E-state index contributed by atoms with van der Waals surface area (Å²) < 4.78 is 13.4. The summed E-state index contributed by atoms with van der Waals surface area (Å²) in [5.41, 5.74) is 3.17. The van der Waals surface area contributed by atoms with Crippen LogP contribution in [0.3, 0.4) is 0 Å². The van der Waals surface area contributed by atoms with E-state index in [1.165, 1.54) is 17.7 Å². The Labute approximate surface area is 187 Å². The van der Waals surface area contributed by atoms with Crippen LogP contribution in [0.15, 0.2) is 78.9 Å². The number of carbonyl (C=O) groups is 1. The summed E-state index contributed by atoms with van der Waals surface area (Å²) in [5, 5.41) is 3.71. The van der Waals surface area contributed by atoms with Gasteiger partial charge < -0.3 is 5.32 Å². The SMILES string of the molecule is O=C(NCc1cccc(F)c1)C1CCC(c2ccccc2)N(Cc2cccc(Cl)c2)C1. The highest BCUT2D eigenvalue weighted by Gasteiger charge is 2.32. The van der Waals surface area contributed by atoms with Crippen molar-refractivity contribution in [3.63, 3.8) is 0 Å². The molecule has 0 spiro atoms. The number of carbonyl (C=O) groups excluding carboxylic acids is 1. The van der Waals surface area contributed by atoms with E-state index in [0.29, 0.717) is 13.1 Å². The van der Waals surface area contributed by atoms with E-state index in [-0.39, 0.29) is 23.7 Å². The summed E-state index contributed by atoms with van der Waals surface area (Å²) in [5.74, 6) is -0.373. The van der Waals surface area contributed by atoms with Gasteiger partial charge in [-0.1, -0.05) is 66.2 Å². The number of amides is 1. The molecule has 160 valence electrons. The van der Waals surface area contributed by atoms with E-state index in [2.05, 4.69) is 40.5 Å². The summed E-state index contributed by atoms with van der Waals surface area (Å²) in [6.07, 6.45) is 1.73. The first-order chi connectivity index (χ1) is 15.1. The van der Waals surface area contributed by atoms with Crippen LogP contribution in [-0.4, -0.2) is 17.4 Å². The Morgan fingerprint density at radius 2 is 1.74 bits per heavy atom. The Balaban J connectivity index is 1.46. The second-order valence-corrected chi connectivity index (χ2v) is 8.54. The van der Waals surface area contributed by atoms with Gasteiger partial charge in [0.2, 0.25) is 5.91 Å². The fourth-order valence-electron chi connectivity index (χ4n) is 4.33. The van der Waals surface area contributed by atoms with E-state index in [4.69, 9.17) is 11.6 Å². The highest BCUT2D eigenvalue weighted by atomic mass is 35.5. The summed E-state index contributed by atoms with van der Waals surface area (Å²) >= 11 is 6.20. The highest BCUT2D eigenvalue weighted by Crippen LogP contribution is 2.35. The fourth-order valence-corrected chi connectivity index (χ4v) is 4.55. The van der Waals surface area contributed by atoms with E-state index in [0.717, 1.165) is 35.5 Å². The average Bonchev–Trinajstić information content (AvgIpc) is 2.78. The van der Waals surface area contributed by atoms with Crippen molar-refractivity contribution < 1.29 is 9.18 Å². The van der Waals surface area contributed by atoms with E-state index in [9.17, 15) is 9.18 Å². The smallest absolute Gasteiger partial charge is 0.224 e. The Bertz CT molecular complexity index is 1030. The van der Waals surface area contributed by atoms with Gasteiger partial charge in [0.15, 0.2) is 0 Å². The molecular weight excluding hydrogens is 411 g/mol. The molecule has 1 fully saturated rings. The van der Waals surface area contributed by atoms with Crippen LogP contribution in [0.25, 0.3) is 0 Å². The minimum absolute atomic E-state index is 0.0202. The van der Waals surface area contributed by atoms with Crippen molar-refractivity contribution in [1.82, 2.24) is 10.2 Å². The number of halogens is 2. The summed E-state index contributed by atoms with van der Waals surface area (Å²) in [4.78, 5) is 15.3. The van der Waals surface area contributed by atoms with Gasteiger partial charge in [0.1, 0.15) is 5.82 Å². The quantitative estimate of drug-likeness (QED) is 0.533. The van der Waals surface area contributed by atoms with Gasteiger partial charge in [-0.05, 0) is 53.8 Å². The molecule has 3 aromatic rings. The van der Waals surface area contributed by atoms with Crippen molar-refractivity contribution in [2.45, 2.75) is 32.0 Å². The molecule has 0 saturated carbocycles. The highest BCUT2D eigenvalue weighted by molar-refractivity contribution is 6.30. The zero-order valence-electron chi connectivity index (χ0n) is 17.3. The lowest BCUT2D eigenvalue weighted by molar-refractivity contribution is -0.127. The van der Waals surface area contributed by atoms with Crippen molar-refractivity contribution in [1.29, 1.82) is 0 Å². The monoisotopic (exact) mass is 436 g/mol. The van der Waals surface area contributed by atoms with Crippen LogP contribution in [0.5, 0.6) is 0 Å². The molecule has 5 heteroatoms. The van der Waals surface area contributed by atoms with E-state index in [1.807, 2.05) is 30.3 Å². The molecule has 2 unspecified atom stereocenters. The van der Waals surface area contributed by atoms with E-state index < -0.39 is 0 Å². The number of benzene rings is 3. The normalized spacial score (nSPS) is 19.2. The molecular formula is C26H26ClFN2O. The third-order valence-corrected chi connectivity index (χ3v) is 6.10. The van der Waals surface area contributed by atoms with Gasteiger partial charge in [-0.15, -0.1) is 0 Å². The number of nitrogens with one attached hydrogen (secondary N) is 1. The first-order valence-electron chi connectivity index (χ1n) is 10.6. The lowest BCUT2D eigenvalue weighted by Gasteiger charge is -2.39. The molecule has 1 aliphatic heterocycles. The molecule has 4 rings (SSSR count). The maximum atomic E-state index is 13.4. The van der Waals surface area contributed by atoms with Crippen molar-refractivity contribution >= 4 is 17.5 Å². The number of hydrogen-bond donors (Lipinski definition) is 1. The minimum Gasteiger partial charge on any atom is -0.352 e. The summed E-state index contributed by atoms with van der Waals surface area (Å²) in [6, 6.07) is 24.9. The number of nitrogens with zero attached hydrogens (tertiary/aromatic N) is 1. The maximum absolute atomic E-state index is 13.4. The van der Waals surface area contributed by atoms with Gasteiger partial charge >= 0.3 is 0 Å². The molecule has 1 saturated heterocycles. The topological polar surface area (TPSA) is 32.3 Å². The molecule has 31 heavy (non-hydrogen) atoms. The molecule has 3 nitrogen and oxygen atoms in total. The number of rotatable bonds is 6. The molecule has 1 N–H and O–H groups in total. The van der Waals surface area contributed by atoms with E-state index >= 15 is 0 Å². The lowest BCUT2D eigenvalue weighted by atomic mass is 9.88. The van der Waals surface area contributed by atoms with Crippen LogP contribution in [-0.2, 0) is 17.9 Å². The predicted molar refractivity (Wildman–Crippen MR) is 122 cm³/mol. The number of hydrogen-bond acceptors (Lipinski definition) is 2. The molecule has 3 aromatic carbocycles. The first kappa shape index (κ1) is 21.5. The lowest BCUT2D eigenvalue weighted by Crippen LogP contribution is -2.44. The van der Waals surface area contributed by atoms with Gasteiger partial charge in [-0.25, -0.2) is 4.39 Å².